The van der Waals surface area contributed by atoms with Crippen LogP contribution in [0.15, 0.2) is 72.4 Å². The lowest BCUT2D eigenvalue weighted by Crippen LogP contribution is -2.36. The molecule has 1 heterocycles. The van der Waals surface area contributed by atoms with Crippen LogP contribution in [0.2, 0.25) is 0 Å². The smallest absolute Gasteiger partial charge is 0.416 e. The average Bonchev–Trinajstić information content (AvgIpc) is 3.18. The number of urea groups is 1. The van der Waals surface area contributed by atoms with Gasteiger partial charge in [0.25, 0.3) is 5.91 Å². The monoisotopic (exact) mass is 563 g/mol. The van der Waals surface area contributed by atoms with Gasteiger partial charge in [0.1, 0.15) is 6.61 Å². The molecule has 0 saturated carbocycles. The fourth-order valence-electron chi connectivity index (χ4n) is 3.82. The maximum absolute atomic E-state index is 13.4. The Balaban J connectivity index is 1.54. The summed E-state index contributed by atoms with van der Waals surface area (Å²) in [6.07, 6.45) is -8.62. The molecule has 3 aromatic rings. The van der Waals surface area contributed by atoms with E-state index in [2.05, 4.69) is 5.32 Å². The van der Waals surface area contributed by atoms with Crippen molar-refractivity contribution in [1.29, 1.82) is 5.41 Å². The fourth-order valence-corrected chi connectivity index (χ4v) is 3.82. The minimum atomic E-state index is -5.05. The number of alkyl halides is 6. The van der Waals surface area contributed by atoms with Gasteiger partial charge in [-0.1, -0.05) is 30.3 Å². The van der Waals surface area contributed by atoms with Gasteiger partial charge in [0.05, 0.1) is 23.9 Å². The molecule has 1 saturated heterocycles. The molecule has 1 aliphatic rings. The van der Waals surface area contributed by atoms with E-state index in [1.807, 2.05) is 0 Å². The van der Waals surface area contributed by atoms with E-state index < -0.39 is 53.4 Å². The SMILES string of the molecule is COc1cc(C=C2NC(=O)N(C(=O)c3ccccc3)C2=N)ccc1OCc1ccc(C(F)(F)F)cc1C(F)(F)F. The number of benzene rings is 3. The van der Waals surface area contributed by atoms with Crippen LogP contribution >= 0.6 is 0 Å². The summed E-state index contributed by atoms with van der Waals surface area (Å²) in [4.78, 5) is 25.7. The molecule has 4 rings (SSSR count). The molecule has 0 aromatic heterocycles. The molecule has 0 spiro atoms. The van der Waals surface area contributed by atoms with Crippen molar-refractivity contribution in [2.45, 2.75) is 19.0 Å². The van der Waals surface area contributed by atoms with Gasteiger partial charge in [-0.25, -0.2) is 9.69 Å². The number of nitrogens with one attached hydrogen (secondary N) is 2. The van der Waals surface area contributed by atoms with Crippen molar-refractivity contribution in [3.8, 4) is 11.5 Å². The number of carbonyl (C=O) groups is 2. The Hall–Kier alpha value is -4.81. The standard InChI is InChI=1S/C27H19F6N3O4/c1-39-22-12-15(11-20-23(34)36(25(38)35-20)24(37)16-5-3-2-4-6-16)7-10-21(22)40-14-17-8-9-18(26(28,29)30)13-19(17)27(31,32)33/h2-13,34H,14H2,1H3,(H,35,38). The topological polar surface area (TPSA) is 91.7 Å². The summed E-state index contributed by atoms with van der Waals surface area (Å²) < 4.78 is 89.8. The first-order valence-corrected chi connectivity index (χ1v) is 11.4. The molecule has 3 aromatic carbocycles. The number of rotatable bonds is 6. The van der Waals surface area contributed by atoms with Gasteiger partial charge < -0.3 is 14.8 Å². The Kier molecular flexibility index (Phi) is 7.58. The Labute approximate surface area is 223 Å². The third-order valence-electron chi connectivity index (χ3n) is 5.77. The van der Waals surface area contributed by atoms with Crippen LogP contribution in [0.3, 0.4) is 0 Å². The summed E-state index contributed by atoms with van der Waals surface area (Å²) in [6, 6.07) is 12.5. The van der Waals surface area contributed by atoms with Gasteiger partial charge in [-0.3, -0.25) is 10.2 Å². The third-order valence-corrected chi connectivity index (χ3v) is 5.77. The van der Waals surface area contributed by atoms with Crippen molar-refractivity contribution >= 4 is 23.8 Å². The van der Waals surface area contributed by atoms with Crippen LogP contribution < -0.4 is 14.8 Å². The highest BCUT2D eigenvalue weighted by atomic mass is 19.4. The Morgan fingerprint density at radius 3 is 2.27 bits per heavy atom. The lowest BCUT2D eigenvalue weighted by molar-refractivity contribution is -0.143. The molecule has 0 aliphatic carbocycles. The summed E-state index contributed by atoms with van der Waals surface area (Å²) in [5.41, 5.74) is -2.85. The lowest BCUT2D eigenvalue weighted by atomic mass is 10.0. The highest BCUT2D eigenvalue weighted by Gasteiger charge is 2.38. The predicted octanol–water partition coefficient (Wildman–Crippen LogP) is 6.50. The number of carbonyl (C=O) groups excluding carboxylic acids is 2. The molecule has 0 atom stereocenters. The Morgan fingerprint density at radius 2 is 1.65 bits per heavy atom. The first kappa shape index (κ1) is 28.2. The van der Waals surface area contributed by atoms with Crippen LogP contribution in [0, 0.1) is 5.41 Å². The van der Waals surface area contributed by atoms with Crippen molar-refractivity contribution in [1.82, 2.24) is 10.2 Å². The van der Waals surface area contributed by atoms with Gasteiger partial charge in [-0.05, 0) is 48.0 Å². The van der Waals surface area contributed by atoms with E-state index in [9.17, 15) is 35.9 Å². The van der Waals surface area contributed by atoms with E-state index >= 15 is 0 Å². The van der Waals surface area contributed by atoms with Crippen molar-refractivity contribution in [2.24, 2.45) is 0 Å². The number of amides is 3. The highest BCUT2D eigenvalue weighted by molar-refractivity contribution is 6.26. The molecule has 7 nitrogen and oxygen atoms in total. The van der Waals surface area contributed by atoms with Gasteiger partial charge >= 0.3 is 18.4 Å². The van der Waals surface area contributed by atoms with Crippen molar-refractivity contribution in [3.63, 3.8) is 0 Å². The van der Waals surface area contributed by atoms with E-state index in [-0.39, 0.29) is 28.8 Å². The molecule has 0 bridgehead atoms. The zero-order valence-electron chi connectivity index (χ0n) is 20.5. The maximum Gasteiger partial charge on any atom is 0.416 e. The van der Waals surface area contributed by atoms with Crippen molar-refractivity contribution in [3.05, 3.63) is 100 Å². The van der Waals surface area contributed by atoms with Gasteiger partial charge in [0.2, 0.25) is 0 Å². The molecule has 0 unspecified atom stereocenters. The number of amidine groups is 1. The molecule has 2 N–H and O–H groups in total. The van der Waals surface area contributed by atoms with Crippen LogP contribution in [0.1, 0.15) is 32.6 Å². The Bertz CT molecular complexity index is 1500. The molecule has 3 amide bonds. The number of imide groups is 1. The second kappa shape index (κ2) is 10.8. The fraction of sp³-hybridized carbons (Fsp3) is 0.148. The van der Waals surface area contributed by atoms with Gasteiger partial charge in [0, 0.05) is 11.1 Å². The maximum atomic E-state index is 13.4. The summed E-state index contributed by atoms with van der Waals surface area (Å²) >= 11 is 0. The van der Waals surface area contributed by atoms with E-state index in [0.29, 0.717) is 22.6 Å². The summed E-state index contributed by atoms with van der Waals surface area (Å²) in [5.74, 6) is -1.05. The van der Waals surface area contributed by atoms with Crippen LogP contribution in [-0.2, 0) is 19.0 Å². The van der Waals surface area contributed by atoms with Crippen LogP contribution in [0.5, 0.6) is 11.5 Å². The van der Waals surface area contributed by atoms with Crippen LogP contribution in [0.25, 0.3) is 6.08 Å². The van der Waals surface area contributed by atoms with E-state index in [1.54, 1.807) is 18.2 Å². The second-order valence-electron chi connectivity index (χ2n) is 8.41. The Morgan fingerprint density at radius 1 is 0.950 bits per heavy atom. The molecule has 1 aliphatic heterocycles. The van der Waals surface area contributed by atoms with Crippen molar-refractivity contribution in [2.75, 3.05) is 7.11 Å². The molecular weight excluding hydrogens is 544 g/mol. The summed E-state index contributed by atoms with van der Waals surface area (Å²) in [6.45, 7) is -0.707. The number of ether oxygens (including phenoxy) is 2. The molecular formula is C27H19F6N3O4. The minimum Gasteiger partial charge on any atom is -0.493 e. The van der Waals surface area contributed by atoms with E-state index in [1.165, 1.54) is 43.5 Å². The highest BCUT2D eigenvalue weighted by Crippen LogP contribution is 2.38. The van der Waals surface area contributed by atoms with E-state index in [0.717, 1.165) is 0 Å². The van der Waals surface area contributed by atoms with Crippen molar-refractivity contribution < 1.29 is 45.4 Å². The van der Waals surface area contributed by atoms with Gasteiger partial charge in [-0.2, -0.15) is 26.3 Å². The number of nitrogens with zero attached hydrogens (tertiary/aromatic N) is 1. The molecule has 208 valence electrons. The molecule has 1 fully saturated rings. The minimum absolute atomic E-state index is 0.00424. The molecule has 40 heavy (non-hydrogen) atoms. The predicted molar refractivity (Wildman–Crippen MR) is 131 cm³/mol. The first-order valence-electron chi connectivity index (χ1n) is 11.4. The molecule has 13 heteroatoms. The number of halogens is 6. The lowest BCUT2D eigenvalue weighted by Gasteiger charge is -2.17. The number of methoxy groups -OCH3 is 1. The van der Waals surface area contributed by atoms with Gasteiger partial charge in [-0.15, -0.1) is 0 Å². The number of hydrogen-bond donors (Lipinski definition) is 2. The van der Waals surface area contributed by atoms with E-state index in [4.69, 9.17) is 14.9 Å². The summed E-state index contributed by atoms with van der Waals surface area (Å²) in [7, 11) is 1.26. The van der Waals surface area contributed by atoms with Crippen LogP contribution in [-0.4, -0.2) is 29.8 Å². The van der Waals surface area contributed by atoms with Gasteiger partial charge in [0.15, 0.2) is 17.3 Å². The normalized spacial score (nSPS) is 14.9. The largest absolute Gasteiger partial charge is 0.493 e. The number of hydrogen-bond acceptors (Lipinski definition) is 5. The quantitative estimate of drug-likeness (QED) is 0.335. The summed E-state index contributed by atoms with van der Waals surface area (Å²) in [5, 5.41) is 10.7. The molecule has 0 radical (unpaired) electrons. The second-order valence-corrected chi connectivity index (χ2v) is 8.41. The zero-order valence-corrected chi connectivity index (χ0v) is 20.5. The zero-order chi connectivity index (χ0) is 29.2. The average molecular weight is 563 g/mol. The first-order chi connectivity index (χ1) is 18.8. The van der Waals surface area contributed by atoms with Crippen LogP contribution in [0.4, 0.5) is 31.1 Å². The third kappa shape index (κ3) is 5.92.